The second-order valence-corrected chi connectivity index (χ2v) is 4.61. The van der Waals surface area contributed by atoms with Crippen LogP contribution in [0.3, 0.4) is 0 Å². The van der Waals surface area contributed by atoms with E-state index in [1.54, 1.807) is 31.7 Å². The van der Waals surface area contributed by atoms with E-state index in [1.165, 1.54) is 6.07 Å². The third kappa shape index (κ3) is 4.28. The minimum atomic E-state index is -0.504. The monoisotopic (exact) mass is 278 g/mol. The van der Waals surface area contributed by atoms with E-state index in [0.29, 0.717) is 17.6 Å². The number of carbonyl (C=O) groups excluding carboxylic acids is 1. The quantitative estimate of drug-likeness (QED) is 0.494. The molecule has 0 aromatic heterocycles. The van der Waals surface area contributed by atoms with Crippen LogP contribution in [0.5, 0.6) is 0 Å². The van der Waals surface area contributed by atoms with E-state index in [9.17, 15) is 9.18 Å². The van der Waals surface area contributed by atoms with E-state index in [0.717, 1.165) is 11.1 Å². The van der Waals surface area contributed by atoms with Crippen LogP contribution in [-0.2, 0) is 11.2 Å². The van der Waals surface area contributed by atoms with Crippen LogP contribution in [0, 0.1) is 12.7 Å². The number of nitrogens with one attached hydrogen (secondary N) is 1. The number of halogens is 1. The minimum absolute atomic E-state index is 0.0358. The van der Waals surface area contributed by atoms with E-state index in [2.05, 4.69) is 4.99 Å². The first-order chi connectivity index (χ1) is 9.49. The van der Waals surface area contributed by atoms with Crippen molar-refractivity contribution in [3.8, 4) is 0 Å². The molecule has 0 aliphatic heterocycles. The number of amides is 1. The summed E-state index contributed by atoms with van der Waals surface area (Å²) < 4.78 is 13.5. The highest BCUT2D eigenvalue weighted by molar-refractivity contribution is 5.89. The van der Waals surface area contributed by atoms with Crippen LogP contribution in [0.15, 0.2) is 34.3 Å². The number of hydrogen-bond acceptors (Lipinski definition) is 3. The number of benzene rings is 1. The van der Waals surface area contributed by atoms with Crippen LogP contribution >= 0.6 is 0 Å². The number of aliphatic imine (C=N–C) groups is 1. The molecule has 0 saturated heterocycles. The van der Waals surface area contributed by atoms with Crippen molar-refractivity contribution in [2.45, 2.75) is 26.7 Å². The molecule has 1 aromatic rings. The predicted octanol–water partition coefficient (Wildman–Crippen LogP) is 2.59. The zero-order valence-electron chi connectivity index (χ0n) is 11.9. The normalized spacial score (nSPS) is 12.4. The van der Waals surface area contributed by atoms with Crippen molar-refractivity contribution >= 4 is 12.1 Å². The lowest BCUT2D eigenvalue weighted by molar-refractivity contribution is -0.128. The van der Waals surface area contributed by atoms with Gasteiger partial charge in [0, 0.05) is 13.3 Å². The summed E-state index contributed by atoms with van der Waals surface area (Å²) in [4.78, 5) is 15.2. The van der Waals surface area contributed by atoms with E-state index < -0.39 is 5.91 Å². The molecule has 4 nitrogen and oxygen atoms in total. The topological polar surface area (TPSA) is 61.7 Å². The van der Waals surface area contributed by atoms with Gasteiger partial charge < -0.3 is 0 Å². The van der Waals surface area contributed by atoms with Crippen LogP contribution in [0.25, 0.3) is 0 Å². The van der Waals surface area contributed by atoms with Crippen molar-refractivity contribution in [1.29, 1.82) is 0 Å². The largest absolute Gasteiger partial charge is 0.296 e. The molecule has 0 aliphatic rings. The lowest BCUT2D eigenvalue weighted by atomic mass is 9.96. The van der Waals surface area contributed by atoms with E-state index in [4.69, 9.17) is 5.21 Å². The van der Waals surface area contributed by atoms with Gasteiger partial charge in [-0.2, -0.15) is 0 Å². The maximum Gasteiger partial charge on any atom is 0.247 e. The van der Waals surface area contributed by atoms with Crippen LogP contribution < -0.4 is 5.48 Å². The van der Waals surface area contributed by atoms with Gasteiger partial charge in [-0.3, -0.25) is 15.0 Å². The highest BCUT2D eigenvalue weighted by Gasteiger charge is 2.09. The third-order valence-corrected chi connectivity index (χ3v) is 3.14. The Morgan fingerprint density at radius 1 is 1.50 bits per heavy atom. The molecule has 1 aromatic carbocycles. The van der Waals surface area contributed by atoms with Crippen molar-refractivity contribution in [3.05, 3.63) is 46.3 Å². The van der Waals surface area contributed by atoms with Gasteiger partial charge in [0.15, 0.2) is 0 Å². The molecular formula is C15H19FN2O2. The van der Waals surface area contributed by atoms with Crippen molar-refractivity contribution in [2.24, 2.45) is 4.99 Å². The number of rotatable bonds is 5. The van der Waals surface area contributed by atoms with Crippen molar-refractivity contribution < 1.29 is 14.4 Å². The van der Waals surface area contributed by atoms with Crippen LogP contribution in [0.2, 0.25) is 0 Å². The van der Waals surface area contributed by atoms with Gasteiger partial charge in [0.1, 0.15) is 5.82 Å². The van der Waals surface area contributed by atoms with Gasteiger partial charge >= 0.3 is 0 Å². The molecule has 0 fully saturated rings. The molecular weight excluding hydrogens is 259 g/mol. The highest BCUT2D eigenvalue weighted by atomic mass is 19.1. The number of nitrogens with zero attached hydrogens (tertiary/aromatic N) is 1. The van der Waals surface area contributed by atoms with E-state index in [1.807, 2.05) is 13.0 Å². The second kappa shape index (κ2) is 7.55. The smallest absolute Gasteiger partial charge is 0.247 e. The summed E-state index contributed by atoms with van der Waals surface area (Å²) in [5, 5.41) is 8.59. The van der Waals surface area contributed by atoms with Crippen LogP contribution in [-0.4, -0.2) is 24.4 Å². The van der Waals surface area contributed by atoms with Gasteiger partial charge in [-0.15, -0.1) is 0 Å². The standard InChI is InChI=1S/C15H19FN2O2/c1-10(13(9-17-3)8-15(19)18-20)7-12-5-4-6-14(16)11(12)2/h4-6,9,20H,7-8H2,1-3H3,(H,18,19)/b13-10+,17-9-. The Labute approximate surface area is 118 Å². The molecule has 0 unspecified atom stereocenters. The summed E-state index contributed by atoms with van der Waals surface area (Å²) in [6, 6.07) is 4.94. The first kappa shape index (κ1) is 16.0. The van der Waals surface area contributed by atoms with Gasteiger partial charge in [-0.05, 0) is 43.0 Å². The van der Waals surface area contributed by atoms with Gasteiger partial charge in [-0.25, -0.2) is 9.87 Å². The first-order valence-corrected chi connectivity index (χ1v) is 6.27. The molecule has 2 N–H and O–H groups in total. The summed E-state index contributed by atoms with van der Waals surface area (Å²) >= 11 is 0. The molecule has 0 aliphatic carbocycles. The molecule has 0 radical (unpaired) electrons. The molecule has 20 heavy (non-hydrogen) atoms. The number of allylic oxidation sites excluding steroid dienone is 1. The minimum Gasteiger partial charge on any atom is -0.296 e. The fraction of sp³-hybridized carbons (Fsp3) is 0.333. The SMILES string of the molecule is C/N=C\C(CC(=O)NO)=C(/C)Cc1cccc(F)c1C. The number of carbonyl (C=O) groups is 1. The third-order valence-electron chi connectivity index (χ3n) is 3.14. The lowest BCUT2D eigenvalue weighted by Crippen LogP contribution is -2.19. The Hall–Kier alpha value is -2.01. The molecule has 0 heterocycles. The molecule has 1 amide bonds. The van der Waals surface area contributed by atoms with E-state index in [-0.39, 0.29) is 12.2 Å². The second-order valence-electron chi connectivity index (χ2n) is 4.61. The molecule has 5 heteroatoms. The van der Waals surface area contributed by atoms with Crippen molar-refractivity contribution in [1.82, 2.24) is 5.48 Å². The van der Waals surface area contributed by atoms with Gasteiger partial charge in [0.25, 0.3) is 0 Å². The molecule has 0 atom stereocenters. The van der Waals surface area contributed by atoms with E-state index >= 15 is 0 Å². The summed E-state index contributed by atoms with van der Waals surface area (Å²) in [7, 11) is 1.61. The lowest BCUT2D eigenvalue weighted by Gasteiger charge is -2.10. The molecule has 108 valence electrons. The van der Waals surface area contributed by atoms with Crippen LogP contribution in [0.4, 0.5) is 4.39 Å². The number of hydrogen-bond donors (Lipinski definition) is 2. The summed E-state index contributed by atoms with van der Waals surface area (Å²) in [6.07, 6.45) is 2.15. The molecule has 1 rings (SSSR count). The Balaban J connectivity index is 3.04. The Kier molecular flexibility index (Phi) is 6.06. The Bertz CT molecular complexity index is 551. The number of hydroxylamine groups is 1. The zero-order chi connectivity index (χ0) is 15.1. The molecule has 0 saturated carbocycles. The van der Waals surface area contributed by atoms with Gasteiger partial charge in [-0.1, -0.05) is 17.7 Å². The van der Waals surface area contributed by atoms with Crippen molar-refractivity contribution in [3.63, 3.8) is 0 Å². The average Bonchev–Trinajstić information content (AvgIpc) is 2.43. The Morgan fingerprint density at radius 2 is 2.20 bits per heavy atom. The van der Waals surface area contributed by atoms with Gasteiger partial charge in [0.2, 0.25) is 5.91 Å². The molecule has 0 spiro atoms. The zero-order valence-corrected chi connectivity index (χ0v) is 11.9. The maximum absolute atomic E-state index is 13.5. The summed E-state index contributed by atoms with van der Waals surface area (Å²) in [6.45, 7) is 3.60. The fourth-order valence-electron chi connectivity index (χ4n) is 1.92. The van der Waals surface area contributed by atoms with Crippen LogP contribution in [0.1, 0.15) is 24.5 Å². The fourth-order valence-corrected chi connectivity index (χ4v) is 1.92. The average molecular weight is 278 g/mol. The predicted molar refractivity (Wildman–Crippen MR) is 76.5 cm³/mol. The maximum atomic E-state index is 13.5. The van der Waals surface area contributed by atoms with Crippen molar-refractivity contribution in [2.75, 3.05) is 7.05 Å². The first-order valence-electron chi connectivity index (χ1n) is 6.27. The molecule has 0 bridgehead atoms. The van der Waals surface area contributed by atoms with Gasteiger partial charge in [0.05, 0.1) is 6.42 Å². The summed E-state index contributed by atoms with van der Waals surface area (Å²) in [5.41, 5.74) is 4.69. The summed E-state index contributed by atoms with van der Waals surface area (Å²) in [5.74, 6) is -0.746. The Morgan fingerprint density at radius 3 is 2.80 bits per heavy atom. The highest BCUT2D eigenvalue weighted by Crippen LogP contribution is 2.18.